The number of carbonyl (C=O) groups excluding carboxylic acids is 2. The van der Waals surface area contributed by atoms with Crippen molar-refractivity contribution in [2.75, 3.05) is 24.2 Å². The molecule has 1 aliphatic heterocycles. The first kappa shape index (κ1) is 21.8. The minimum atomic E-state index is -0.297. The van der Waals surface area contributed by atoms with Crippen LogP contribution in [0.4, 0.5) is 5.13 Å². The van der Waals surface area contributed by atoms with Crippen LogP contribution in [0.3, 0.4) is 0 Å². The SMILES string of the molecule is Cc1nnsc1C(=O)Nc1nnc(SCC(=O)N2CCC(Cc3ccccc3)CC2)s1. The smallest absolute Gasteiger partial charge is 0.271 e. The summed E-state index contributed by atoms with van der Waals surface area (Å²) in [5.41, 5.74) is 1.95. The Kier molecular flexibility index (Phi) is 7.25. The number of piperidine rings is 1. The predicted molar refractivity (Wildman–Crippen MR) is 123 cm³/mol. The van der Waals surface area contributed by atoms with Crippen LogP contribution < -0.4 is 5.32 Å². The molecule has 3 aromatic rings. The van der Waals surface area contributed by atoms with Crippen molar-refractivity contribution in [3.63, 3.8) is 0 Å². The van der Waals surface area contributed by atoms with Crippen LogP contribution >= 0.6 is 34.6 Å². The molecule has 31 heavy (non-hydrogen) atoms. The van der Waals surface area contributed by atoms with Gasteiger partial charge < -0.3 is 4.90 Å². The summed E-state index contributed by atoms with van der Waals surface area (Å²) in [6.07, 6.45) is 3.15. The Labute approximate surface area is 192 Å². The summed E-state index contributed by atoms with van der Waals surface area (Å²) in [7, 11) is 0. The maximum Gasteiger partial charge on any atom is 0.271 e. The molecule has 0 spiro atoms. The molecule has 1 aromatic carbocycles. The van der Waals surface area contributed by atoms with E-state index >= 15 is 0 Å². The Bertz CT molecular complexity index is 1030. The lowest BCUT2D eigenvalue weighted by Gasteiger charge is -2.32. The number of rotatable bonds is 7. The number of carbonyl (C=O) groups is 2. The average molecular weight is 475 g/mol. The monoisotopic (exact) mass is 474 g/mol. The summed E-state index contributed by atoms with van der Waals surface area (Å²) >= 11 is 3.65. The normalized spacial score (nSPS) is 14.5. The van der Waals surface area contributed by atoms with Crippen molar-refractivity contribution in [1.82, 2.24) is 24.7 Å². The second kappa shape index (κ2) is 10.3. The van der Waals surface area contributed by atoms with Crippen LogP contribution in [0.5, 0.6) is 0 Å². The van der Waals surface area contributed by atoms with Crippen molar-refractivity contribution in [2.45, 2.75) is 30.5 Å². The lowest BCUT2D eigenvalue weighted by molar-refractivity contribution is -0.129. The first-order chi connectivity index (χ1) is 15.1. The van der Waals surface area contributed by atoms with Gasteiger partial charge in [-0.2, -0.15) is 0 Å². The van der Waals surface area contributed by atoms with Gasteiger partial charge in [-0.25, -0.2) is 0 Å². The van der Waals surface area contributed by atoms with Gasteiger partial charge in [0.25, 0.3) is 5.91 Å². The van der Waals surface area contributed by atoms with Crippen molar-refractivity contribution in [3.8, 4) is 0 Å². The van der Waals surface area contributed by atoms with Gasteiger partial charge in [0.05, 0.1) is 11.4 Å². The molecule has 0 radical (unpaired) electrons. The zero-order chi connectivity index (χ0) is 21.6. The zero-order valence-corrected chi connectivity index (χ0v) is 19.4. The predicted octanol–water partition coefficient (Wildman–Crippen LogP) is 3.52. The third-order valence-corrected chi connectivity index (χ3v) is 7.92. The van der Waals surface area contributed by atoms with Gasteiger partial charge in [0.2, 0.25) is 11.0 Å². The first-order valence-electron chi connectivity index (χ1n) is 9.97. The standard InChI is InChI=1S/C20H22N6O2S3/c1-13-17(31-25-22-13)18(28)21-19-23-24-20(30-19)29-12-16(27)26-9-7-15(8-10-26)11-14-5-3-2-4-6-14/h2-6,15H,7-12H2,1H3,(H,21,23,28). The van der Waals surface area contributed by atoms with Gasteiger partial charge in [-0.1, -0.05) is 57.9 Å². The number of benzene rings is 1. The highest BCUT2D eigenvalue weighted by Crippen LogP contribution is 2.27. The topological polar surface area (TPSA) is 101 Å². The highest BCUT2D eigenvalue weighted by molar-refractivity contribution is 8.01. The van der Waals surface area contributed by atoms with Crippen LogP contribution in [0.15, 0.2) is 34.7 Å². The summed E-state index contributed by atoms with van der Waals surface area (Å²) in [5, 5.41) is 15.0. The van der Waals surface area contributed by atoms with Crippen LogP contribution in [-0.4, -0.2) is 55.3 Å². The molecule has 2 amide bonds. The number of aryl methyl sites for hydroxylation is 1. The number of likely N-dealkylation sites (tertiary alicyclic amines) is 1. The second-order valence-corrected chi connectivity index (χ2v) is 10.3. The molecule has 3 heterocycles. The molecule has 1 fully saturated rings. The fourth-order valence-electron chi connectivity index (χ4n) is 3.46. The van der Waals surface area contributed by atoms with E-state index in [9.17, 15) is 9.59 Å². The number of nitrogens with zero attached hydrogens (tertiary/aromatic N) is 5. The molecule has 2 aromatic heterocycles. The highest BCUT2D eigenvalue weighted by atomic mass is 32.2. The highest BCUT2D eigenvalue weighted by Gasteiger charge is 2.23. The molecule has 0 aliphatic carbocycles. The van der Waals surface area contributed by atoms with Crippen LogP contribution in [-0.2, 0) is 11.2 Å². The number of nitrogens with one attached hydrogen (secondary N) is 1. The average Bonchev–Trinajstić information content (AvgIpc) is 3.42. The Morgan fingerprint density at radius 2 is 1.94 bits per heavy atom. The van der Waals surface area contributed by atoms with Crippen molar-refractivity contribution in [1.29, 1.82) is 0 Å². The van der Waals surface area contributed by atoms with Gasteiger partial charge in [-0.05, 0) is 49.2 Å². The van der Waals surface area contributed by atoms with E-state index in [0.717, 1.165) is 43.9 Å². The fraction of sp³-hybridized carbons (Fsp3) is 0.400. The van der Waals surface area contributed by atoms with Crippen LogP contribution in [0.25, 0.3) is 0 Å². The van der Waals surface area contributed by atoms with E-state index in [1.807, 2.05) is 11.0 Å². The lowest BCUT2D eigenvalue weighted by atomic mass is 9.90. The molecule has 11 heteroatoms. The van der Waals surface area contributed by atoms with E-state index in [4.69, 9.17) is 0 Å². The molecule has 1 saturated heterocycles. The van der Waals surface area contributed by atoms with Crippen LogP contribution in [0.2, 0.25) is 0 Å². The van der Waals surface area contributed by atoms with Crippen LogP contribution in [0, 0.1) is 12.8 Å². The molecule has 0 unspecified atom stereocenters. The number of anilines is 1. The summed E-state index contributed by atoms with van der Waals surface area (Å²) in [6.45, 7) is 3.34. The number of hydrogen-bond donors (Lipinski definition) is 1. The number of thioether (sulfide) groups is 1. The van der Waals surface area contributed by atoms with Gasteiger partial charge in [-0.15, -0.1) is 15.3 Å². The van der Waals surface area contributed by atoms with E-state index in [1.165, 1.54) is 28.7 Å². The van der Waals surface area contributed by atoms with Gasteiger partial charge >= 0.3 is 0 Å². The van der Waals surface area contributed by atoms with E-state index in [0.29, 0.717) is 31.7 Å². The molecule has 8 nitrogen and oxygen atoms in total. The maximum absolute atomic E-state index is 12.6. The minimum Gasteiger partial charge on any atom is -0.342 e. The fourth-order valence-corrected chi connectivity index (χ4v) is 5.66. The molecule has 162 valence electrons. The number of hydrogen-bond acceptors (Lipinski definition) is 9. The Hall–Kier alpha value is -2.37. The third-order valence-electron chi connectivity index (χ3n) is 5.14. The molecule has 4 rings (SSSR count). The zero-order valence-electron chi connectivity index (χ0n) is 17.0. The second-order valence-electron chi connectivity index (χ2n) is 7.32. The molecule has 1 aliphatic rings. The Morgan fingerprint density at radius 3 is 2.65 bits per heavy atom. The lowest BCUT2D eigenvalue weighted by Crippen LogP contribution is -2.39. The summed E-state index contributed by atoms with van der Waals surface area (Å²) in [4.78, 5) is 27.2. The van der Waals surface area contributed by atoms with Crippen molar-refractivity contribution < 1.29 is 9.59 Å². The van der Waals surface area contributed by atoms with Gasteiger partial charge in [-0.3, -0.25) is 14.9 Å². The van der Waals surface area contributed by atoms with Gasteiger partial charge in [0.1, 0.15) is 4.88 Å². The Balaban J connectivity index is 1.21. The largest absolute Gasteiger partial charge is 0.342 e. The van der Waals surface area contributed by atoms with Gasteiger partial charge in [0.15, 0.2) is 4.34 Å². The molecular formula is C20H22N6O2S3. The summed E-state index contributed by atoms with van der Waals surface area (Å²) in [6, 6.07) is 10.5. The molecular weight excluding hydrogens is 452 g/mol. The van der Waals surface area contributed by atoms with Crippen LogP contribution in [0.1, 0.15) is 33.8 Å². The summed E-state index contributed by atoms with van der Waals surface area (Å²) in [5.74, 6) is 0.778. The number of amides is 2. The van der Waals surface area contributed by atoms with E-state index < -0.39 is 0 Å². The van der Waals surface area contributed by atoms with Gasteiger partial charge in [0, 0.05) is 13.1 Å². The molecule has 0 bridgehead atoms. The van der Waals surface area contributed by atoms with Crippen molar-refractivity contribution >= 4 is 51.6 Å². The maximum atomic E-state index is 12.6. The van der Waals surface area contributed by atoms with Crippen molar-refractivity contribution in [3.05, 3.63) is 46.5 Å². The number of aromatic nitrogens is 4. The minimum absolute atomic E-state index is 0.121. The molecule has 1 N–H and O–H groups in total. The quantitative estimate of drug-likeness (QED) is 0.413. The van der Waals surface area contributed by atoms with E-state index in [1.54, 1.807) is 6.92 Å². The first-order valence-corrected chi connectivity index (χ1v) is 12.5. The Morgan fingerprint density at radius 1 is 1.16 bits per heavy atom. The molecule has 0 atom stereocenters. The van der Waals surface area contributed by atoms with E-state index in [-0.39, 0.29) is 11.8 Å². The third kappa shape index (κ3) is 5.86. The summed E-state index contributed by atoms with van der Waals surface area (Å²) < 4.78 is 4.41. The van der Waals surface area contributed by atoms with E-state index in [2.05, 4.69) is 49.4 Å². The molecule has 0 saturated carbocycles. The van der Waals surface area contributed by atoms with Crippen molar-refractivity contribution in [2.24, 2.45) is 5.92 Å².